The Hall–Kier alpha value is -6.10. The molecule has 0 spiro atoms. The zero-order valence-corrected chi connectivity index (χ0v) is 26.2. The first-order valence-electron chi connectivity index (χ1n) is 14.2. The number of imide groups is 1. The third-order valence-electron chi connectivity index (χ3n) is 6.48. The fourth-order valence-electron chi connectivity index (χ4n) is 4.11. The Labute approximate surface area is 275 Å². The van der Waals surface area contributed by atoms with Crippen molar-refractivity contribution < 1.29 is 42.2 Å². The van der Waals surface area contributed by atoms with E-state index in [9.17, 15) is 37.5 Å². The number of amides is 4. The highest BCUT2D eigenvalue weighted by atomic mass is 32.2. The standard InChI is InChI=1S/C31H33N7O9S/c1-2-15-47-31(44)36-25(16-19-8-10-20(11-9-19)27(32)33)30(43)35-24(12-13-26(39)40)29(42)37-28(41)21-5-3-6-22(17-21)38-48(45,46)23-7-4-14-34-18-23/h2-11,14,17-18,24-25,38H,1,12-13,15-16H2,(H3,32,33)(H,35,43)(H,36,44)(H,39,40)(H,37,41,42)/t24-,25-/m0/s1. The molecular weight excluding hydrogens is 646 g/mol. The molecule has 3 rings (SSSR count). The molecule has 0 radical (unpaired) electrons. The van der Waals surface area contributed by atoms with Gasteiger partial charge < -0.3 is 26.2 Å². The lowest BCUT2D eigenvalue weighted by molar-refractivity contribution is -0.138. The number of carbonyl (C=O) groups excluding carboxylic acids is 4. The first kappa shape index (κ1) is 36.4. The normalized spacial score (nSPS) is 12.0. The van der Waals surface area contributed by atoms with Crippen LogP contribution in [0.25, 0.3) is 0 Å². The number of nitrogens with one attached hydrogen (secondary N) is 5. The van der Waals surface area contributed by atoms with Crippen molar-refractivity contribution in [3.8, 4) is 0 Å². The maximum atomic E-state index is 13.4. The van der Waals surface area contributed by atoms with Gasteiger partial charge in [-0.1, -0.05) is 43.0 Å². The molecule has 3 aromatic rings. The number of nitrogens with zero attached hydrogens (tertiary/aromatic N) is 1. The molecule has 4 amide bonds. The van der Waals surface area contributed by atoms with Crippen LogP contribution >= 0.6 is 0 Å². The van der Waals surface area contributed by atoms with Crippen molar-refractivity contribution in [1.82, 2.24) is 20.9 Å². The van der Waals surface area contributed by atoms with Gasteiger partial charge in [0.1, 0.15) is 29.4 Å². The molecule has 0 unspecified atom stereocenters. The highest BCUT2D eigenvalue weighted by Crippen LogP contribution is 2.17. The molecule has 0 fully saturated rings. The summed E-state index contributed by atoms with van der Waals surface area (Å²) < 4.78 is 32.6. The maximum absolute atomic E-state index is 13.4. The molecule has 0 saturated heterocycles. The van der Waals surface area contributed by atoms with E-state index in [0.29, 0.717) is 11.1 Å². The zero-order valence-electron chi connectivity index (χ0n) is 25.3. The number of amidine groups is 1. The molecule has 0 saturated carbocycles. The van der Waals surface area contributed by atoms with Crippen molar-refractivity contribution in [2.24, 2.45) is 5.73 Å². The molecule has 2 atom stereocenters. The summed E-state index contributed by atoms with van der Waals surface area (Å²) in [5.74, 6) is -4.39. The summed E-state index contributed by atoms with van der Waals surface area (Å²) in [7, 11) is -4.05. The van der Waals surface area contributed by atoms with Crippen molar-refractivity contribution in [3.63, 3.8) is 0 Å². The zero-order chi connectivity index (χ0) is 35.3. The molecule has 252 valence electrons. The second kappa shape index (κ2) is 17.0. The van der Waals surface area contributed by atoms with Crippen molar-refractivity contribution in [1.29, 1.82) is 5.41 Å². The number of aromatic nitrogens is 1. The molecule has 1 heterocycles. The quantitative estimate of drug-likeness (QED) is 0.0645. The van der Waals surface area contributed by atoms with Gasteiger partial charge in [0, 0.05) is 42.0 Å². The van der Waals surface area contributed by atoms with Crippen LogP contribution in [0.3, 0.4) is 0 Å². The monoisotopic (exact) mass is 679 g/mol. The van der Waals surface area contributed by atoms with Crippen LogP contribution in [0.1, 0.15) is 34.3 Å². The number of nitrogen functional groups attached to an aromatic ring is 1. The van der Waals surface area contributed by atoms with Gasteiger partial charge in [-0.25, -0.2) is 13.2 Å². The van der Waals surface area contributed by atoms with Gasteiger partial charge in [0.2, 0.25) is 11.8 Å². The van der Waals surface area contributed by atoms with E-state index in [1.807, 2.05) is 0 Å². The van der Waals surface area contributed by atoms with Gasteiger partial charge in [0.15, 0.2) is 0 Å². The van der Waals surface area contributed by atoms with Crippen molar-refractivity contribution in [3.05, 3.63) is 102 Å². The lowest BCUT2D eigenvalue weighted by Crippen LogP contribution is -2.55. The van der Waals surface area contributed by atoms with E-state index < -0.39 is 64.7 Å². The fourth-order valence-corrected chi connectivity index (χ4v) is 5.12. The smallest absolute Gasteiger partial charge is 0.408 e. The predicted molar refractivity (Wildman–Crippen MR) is 172 cm³/mol. The Kier molecular flexibility index (Phi) is 12.9. The third-order valence-corrected chi connectivity index (χ3v) is 7.85. The molecule has 0 bridgehead atoms. The van der Waals surface area contributed by atoms with Gasteiger partial charge in [-0.3, -0.25) is 39.6 Å². The summed E-state index contributed by atoms with van der Waals surface area (Å²) in [6, 6.07) is 11.3. The number of rotatable bonds is 16. The molecule has 1 aromatic heterocycles. The molecule has 0 aliphatic carbocycles. The highest BCUT2D eigenvalue weighted by molar-refractivity contribution is 7.92. The summed E-state index contributed by atoms with van der Waals surface area (Å²) in [6.07, 6.45) is 1.77. The van der Waals surface area contributed by atoms with Crippen molar-refractivity contribution >= 4 is 51.3 Å². The molecule has 17 heteroatoms. The summed E-state index contributed by atoms with van der Waals surface area (Å²) in [5.41, 5.74) is 6.32. The van der Waals surface area contributed by atoms with Crippen molar-refractivity contribution in [2.75, 3.05) is 11.3 Å². The summed E-state index contributed by atoms with van der Waals surface area (Å²) >= 11 is 0. The first-order valence-corrected chi connectivity index (χ1v) is 15.6. The third kappa shape index (κ3) is 11.1. The molecular formula is C31H33N7O9S. The van der Waals surface area contributed by atoms with Gasteiger partial charge in [-0.15, -0.1) is 0 Å². The summed E-state index contributed by atoms with van der Waals surface area (Å²) in [6.45, 7) is 3.28. The minimum atomic E-state index is -4.05. The SMILES string of the molecule is C=CCOC(=O)N[C@@H](Cc1ccc(C(=N)N)cc1)C(=O)N[C@@H](CCC(=O)O)C(=O)NC(=O)c1cccc(NS(=O)(=O)c2cccnc2)c1. The lowest BCUT2D eigenvalue weighted by Gasteiger charge is -2.23. The maximum Gasteiger partial charge on any atom is 0.408 e. The Morgan fingerprint density at radius 1 is 0.979 bits per heavy atom. The highest BCUT2D eigenvalue weighted by Gasteiger charge is 2.29. The second-order valence-corrected chi connectivity index (χ2v) is 11.8. The van der Waals surface area contributed by atoms with Gasteiger partial charge in [0.05, 0.1) is 0 Å². The van der Waals surface area contributed by atoms with Crippen molar-refractivity contribution in [2.45, 2.75) is 36.2 Å². The van der Waals surface area contributed by atoms with E-state index in [0.717, 1.165) is 6.20 Å². The van der Waals surface area contributed by atoms with Crippen LogP contribution in [-0.2, 0) is 35.6 Å². The Bertz CT molecular complexity index is 1780. The van der Waals surface area contributed by atoms with E-state index in [2.05, 4.69) is 32.2 Å². The number of aliphatic carboxylic acids is 1. The Morgan fingerprint density at radius 3 is 2.33 bits per heavy atom. The number of sulfonamides is 1. The fraction of sp³-hybridized carbons (Fsp3) is 0.194. The number of nitrogens with two attached hydrogens (primary N) is 1. The van der Waals surface area contributed by atoms with E-state index in [1.165, 1.54) is 60.8 Å². The second-order valence-electron chi connectivity index (χ2n) is 10.1. The van der Waals surface area contributed by atoms with E-state index in [4.69, 9.17) is 15.9 Å². The van der Waals surface area contributed by atoms with Gasteiger partial charge in [-0.05, 0) is 42.3 Å². The van der Waals surface area contributed by atoms with Crippen LogP contribution in [0, 0.1) is 5.41 Å². The average molecular weight is 680 g/mol. The topological polar surface area (TPSA) is 260 Å². The summed E-state index contributed by atoms with van der Waals surface area (Å²) in [5, 5.41) is 23.6. The van der Waals surface area contributed by atoms with Gasteiger partial charge in [0.25, 0.3) is 15.9 Å². The van der Waals surface area contributed by atoms with E-state index in [-0.39, 0.29) is 35.0 Å². The average Bonchev–Trinajstić information content (AvgIpc) is 3.05. The minimum Gasteiger partial charge on any atom is -0.481 e. The van der Waals surface area contributed by atoms with Crippen LogP contribution in [-0.4, -0.2) is 72.8 Å². The largest absolute Gasteiger partial charge is 0.481 e. The number of pyridine rings is 1. The molecule has 8 N–H and O–H groups in total. The van der Waals surface area contributed by atoms with Crippen LogP contribution < -0.4 is 26.4 Å². The van der Waals surface area contributed by atoms with Crippen LogP contribution in [0.4, 0.5) is 10.5 Å². The number of hydrogen-bond donors (Lipinski definition) is 7. The van der Waals surface area contributed by atoms with E-state index in [1.54, 1.807) is 12.1 Å². The van der Waals surface area contributed by atoms with Crippen LogP contribution in [0.5, 0.6) is 0 Å². The number of carboxylic acids is 1. The molecule has 2 aromatic carbocycles. The number of hydrogen-bond acceptors (Lipinski definition) is 10. The molecule has 0 aliphatic heterocycles. The van der Waals surface area contributed by atoms with Crippen LogP contribution in [0.15, 0.2) is 90.6 Å². The van der Waals surface area contributed by atoms with Crippen LogP contribution in [0.2, 0.25) is 0 Å². The number of carbonyl (C=O) groups is 5. The molecule has 0 aliphatic rings. The number of alkyl carbamates (subject to hydrolysis) is 1. The Balaban J connectivity index is 1.78. The number of carboxylic acid groups (broad SMARTS) is 1. The van der Waals surface area contributed by atoms with Gasteiger partial charge >= 0.3 is 12.1 Å². The predicted octanol–water partition coefficient (Wildman–Crippen LogP) is 1.30. The lowest BCUT2D eigenvalue weighted by atomic mass is 10.0. The molecule has 48 heavy (non-hydrogen) atoms. The number of ether oxygens (including phenoxy) is 1. The van der Waals surface area contributed by atoms with Gasteiger partial charge in [-0.2, -0.15) is 0 Å². The minimum absolute atomic E-state index is 0.00303. The first-order chi connectivity index (χ1) is 22.8. The number of benzene rings is 2. The number of anilines is 1. The molecule has 16 nitrogen and oxygen atoms in total. The van der Waals surface area contributed by atoms with E-state index >= 15 is 0 Å². The summed E-state index contributed by atoms with van der Waals surface area (Å²) in [4.78, 5) is 66.9. The Morgan fingerprint density at radius 2 is 1.71 bits per heavy atom.